The van der Waals surface area contributed by atoms with Gasteiger partial charge in [0.2, 0.25) is 5.95 Å². The summed E-state index contributed by atoms with van der Waals surface area (Å²) in [6.45, 7) is 2.57. The number of ether oxygens (including phenoxy) is 1. The molecule has 0 unspecified atom stereocenters. The Morgan fingerprint density at radius 3 is 2.83 bits per heavy atom. The van der Waals surface area contributed by atoms with E-state index < -0.39 is 11.7 Å². The van der Waals surface area contributed by atoms with Crippen molar-refractivity contribution < 1.29 is 13.9 Å². The highest BCUT2D eigenvalue weighted by atomic mass is 35.5. The summed E-state index contributed by atoms with van der Waals surface area (Å²) < 4.78 is 18.4. The van der Waals surface area contributed by atoms with E-state index >= 15 is 0 Å². The number of morpholine rings is 1. The van der Waals surface area contributed by atoms with Crippen molar-refractivity contribution >= 4 is 29.1 Å². The van der Waals surface area contributed by atoms with Gasteiger partial charge in [-0.15, -0.1) is 0 Å². The second-order valence-electron chi connectivity index (χ2n) is 4.92. The van der Waals surface area contributed by atoms with Gasteiger partial charge in [0.15, 0.2) is 0 Å². The van der Waals surface area contributed by atoms with Gasteiger partial charge >= 0.3 is 0 Å². The third-order valence-corrected chi connectivity index (χ3v) is 3.64. The number of nitrogens with one attached hydrogen (secondary N) is 1. The molecule has 0 bridgehead atoms. The van der Waals surface area contributed by atoms with Crippen LogP contribution in [0.1, 0.15) is 10.5 Å². The summed E-state index contributed by atoms with van der Waals surface area (Å²) in [6, 6.07) is 5.49. The van der Waals surface area contributed by atoms with E-state index in [0.29, 0.717) is 37.9 Å². The lowest BCUT2D eigenvalue weighted by Gasteiger charge is -2.26. The van der Waals surface area contributed by atoms with Crippen molar-refractivity contribution in [3.8, 4) is 0 Å². The van der Waals surface area contributed by atoms with Crippen molar-refractivity contribution in [3.63, 3.8) is 0 Å². The quantitative estimate of drug-likeness (QED) is 0.932. The molecule has 1 amide bonds. The molecule has 1 aliphatic heterocycles. The molecular weight excluding hydrogens is 323 g/mol. The minimum atomic E-state index is -0.540. The molecule has 1 fully saturated rings. The molecular formula is C15H14ClFN4O2. The van der Waals surface area contributed by atoms with Crippen molar-refractivity contribution in [2.75, 3.05) is 36.5 Å². The average molecular weight is 337 g/mol. The minimum absolute atomic E-state index is 0.0560. The molecule has 0 saturated carbocycles. The van der Waals surface area contributed by atoms with Gasteiger partial charge in [-0.25, -0.2) is 14.4 Å². The van der Waals surface area contributed by atoms with Gasteiger partial charge in [-0.3, -0.25) is 4.79 Å². The molecule has 8 heteroatoms. The predicted molar refractivity (Wildman–Crippen MR) is 84.4 cm³/mol. The standard InChI is InChI=1S/C15H14ClFN4O2/c16-11-9-10(1-2-12(11)17)19-14(22)13-3-4-18-15(20-13)21-5-7-23-8-6-21/h1-4,9H,5-8H2,(H,19,22). The third-order valence-electron chi connectivity index (χ3n) is 3.35. The lowest BCUT2D eigenvalue weighted by molar-refractivity contribution is 0.102. The van der Waals surface area contributed by atoms with Crippen molar-refractivity contribution in [2.24, 2.45) is 0 Å². The molecule has 23 heavy (non-hydrogen) atoms. The van der Waals surface area contributed by atoms with E-state index in [4.69, 9.17) is 16.3 Å². The molecule has 1 aromatic carbocycles. The third kappa shape index (κ3) is 3.75. The average Bonchev–Trinajstić information content (AvgIpc) is 2.59. The van der Waals surface area contributed by atoms with E-state index in [1.165, 1.54) is 30.5 Å². The van der Waals surface area contributed by atoms with Crippen molar-refractivity contribution in [2.45, 2.75) is 0 Å². The Morgan fingerprint density at radius 2 is 2.09 bits per heavy atom. The zero-order valence-corrected chi connectivity index (χ0v) is 12.9. The Morgan fingerprint density at radius 1 is 1.30 bits per heavy atom. The number of rotatable bonds is 3. The normalized spacial score (nSPS) is 14.6. The second kappa shape index (κ2) is 6.89. The number of nitrogens with zero attached hydrogens (tertiary/aromatic N) is 3. The number of carbonyl (C=O) groups is 1. The Kier molecular flexibility index (Phi) is 4.68. The number of anilines is 2. The van der Waals surface area contributed by atoms with Crippen LogP contribution in [-0.2, 0) is 4.74 Å². The maximum Gasteiger partial charge on any atom is 0.274 e. The molecule has 1 aliphatic rings. The molecule has 0 radical (unpaired) electrons. The highest BCUT2D eigenvalue weighted by molar-refractivity contribution is 6.31. The molecule has 1 N–H and O–H groups in total. The maximum atomic E-state index is 13.1. The molecule has 120 valence electrons. The zero-order chi connectivity index (χ0) is 16.2. The monoisotopic (exact) mass is 336 g/mol. The second-order valence-corrected chi connectivity index (χ2v) is 5.33. The van der Waals surface area contributed by atoms with E-state index in [2.05, 4.69) is 15.3 Å². The largest absolute Gasteiger partial charge is 0.378 e. The smallest absolute Gasteiger partial charge is 0.274 e. The van der Waals surface area contributed by atoms with Gasteiger partial charge in [0.1, 0.15) is 11.5 Å². The highest BCUT2D eigenvalue weighted by Crippen LogP contribution is 2.20. The van der Waals surface area contributed by atoms with Crippen LogP contribution in [0.2, 0.25) is 5.02 Å². The van der Waals surface area contributed by atoms with Crippen LogP contribution in [0.25, 0.3) is 0 Å². The molecule has 0 aliphatic carbocycles. The van der Waals surface area contributed by atoms with Crippen molar-refractivity contribution in [1.82, 2.24) is 9.97 Å². The topological polar surface area (TPSA) is 67.4 Å². The van der Waals surface area contributed by atoms with Gasteiger partial charge in [-0.05, 0) is 24.3 Å². The summed E-state index contributed by atoms with van der Waals surface area (Å²) in [5.41, 5.74) is 0.620. The number of hydrogen-bond donors (Lipinski definition) is 1. The molecule has 2 heterocycles. The van der Waals surface area contributed by atoms with E-state index in [9.17, 15) is 9.18 Å². The summed E-state index contributed by atoms with van der Waals surface area (Å²) in [7, 11) is 0. The molecule has 0 atom stereocenters. The van der Waals surface area contributed by atoms with Crippen molar-refractivity contribution in [1.29, 1.82) is 0 Å². The first-order valence-electron chi connectivity index (χ1n) is 7.05. The molecule has 1 saturated heterocycles. The van der Waals surface area contributed by atoms with Crippen LogP contribution >= 0.6 is 11.6 Å². The van der Waals surface area contributed by atoms with Crippen LogP contribution in [0, 0.1) is 5.82 Å². The molecule has 6 nitrogen and oxygen atoms in total. The summed E-state index contributed by atoms with van der Waals surface area (Å²) in [6.07, 6.45) is 1.53. The number of aromatic nitrogens is 2. The fraction of sp³-hybridized carbons (Fsp3) is 0.267. The van der Waals surface area contributed by atoms with Crippen LogP contribution in [0.5, 0.6) is 0 Å². The predicted octanol–water partition coefficient (Wildman–Crippen LogP) is 2.36. The molecule has 0 spiro atoms. The SMILES string of the molecule is O=C(Nc1ccc(F)c(Cl)c1)c1ccnc(N2CCOCC2)n1. The van der Waals surface area contributed by atoms with Gasteiger partial charge in [-0.1, -0.05) is 11.6 Å². The number of amides is 1. The van der Waals surface area contributed by atoms with Gasteiger partial charge in [0.05, 0.1) is 18.2 Å². The Hall–Kier alpha value is -2.25. The summed E-state index contributed by atoms with van der Waals surface area (Å²) in [4.78, 5) is 22.7. The van der Waals surface area contributed by atoms with Crippen molar-refractivity contribution in [3.05, 3.63) is 47.0 Å². The van der Waals surface area contributed by atoms with Crippen LogP contribution in [0.15, 0.2) is 30.5 Å². The fourth-order valence-electron chi connectivity index (χ4n) is 2.16. The van der Waals surface area contributed by atoms with Gasteiger partial charge < -0.3 is 15.0 Å². The molecule has 2 aromatic rings. The number of halogens is 2. The van der Waals surface area contributed by atoms with Crippen LogP contribution in [-0.4, -0.2) is 42.2 Å². The lowest BCUT2D eigenvalue weighted by Crippen LogP contribution is -2.37. The summed E-state index contributed by atoms with van der Waals surface area (Å²) >= 11 is 5.70. The summed E-state index contributed by atoms with van der Waals surface area (Å²) in [5, 5.41) is 2.58. The Bertz CT molecular complexity index is 722. The number of carbonyl (C=O) groups excluding carboxylic acids is 1. The minimum Gasteiger partial charge on any atom is -0.378 e. The summed E-state index contributed by atoms with van der Waals surface area (Å²) in [5.74, 6) is -0.469. The van der Waals surface area contributed by atoms with E-state index in [-0.39, 0.29) is 10.7 Å². The zero-order valence-electron chi connectivity index (χ0n) is 12.1. The number of hydrogen-bond acceptors (Lipinski definition) is 5. The molecule has 1 aromatic heterocycles. The van der Waals surface area contributed by atoms with Gasteiger partial charge in [0.25, 0.3) is 5.91 Å². The van der Waals surface area contributed by atoms with Crippen LogP contribution in [0.4, 0.5) is 16.0 Å². The van der Waals surface area contributed by atoms with Gasteiger partial charge in [-0.2, -0.15) is 0 Å². The number of benzene rings is 1. The van der Waals surface area contributed by atoms with Crippen LogP contribution < -0.4 is 10.2 Å². The maximum absolute atomic E-state index is 13.1. The van der Waals surface area contributed by atoms with E-state index in [1.807, 2.05) is 4.90 Å². The van der Waals surface area contributed by atoms with E-state index in [1.54, 1.807) is 0 Å². The fourth-order valence-corrected chi connectivity index (χ4v) is 2.34. The van der Waals surface area contributed by atoms with Gasteiger partial charge in [0, 0.05) is 25.0 Å². The highest BCUT2D eigenvalue weighted by Gasteiger charge is 2.16. The van der Waals surface area contributed by atoms with E-state index in [0.717, 1.165) is 0 Å². The first kappa shape index (κ1) is 15.6. The molecule has 3 rings (SSSR count). The van der Waals surface area contributed by atoms with Crippen LogP contribution in [0.3, 0.4) is 0 Å². The first-order chi connectivity index (χ1) is 11.1. The lowest BCUT2D eigenvalue weighted by atomic mass is 10.3. The first-order valence-corrected chi connectivity index (χ1v) is 7.43. The Balaban J connectivity index is 1.75. The Labute approximate surface area is 137 Å².